The van der Waals surface area contributed by atoms with Gasteiger partial charge in [0, 0.05) is 41.6 Å². The van der Waals surface area contributed by atoms with E-state index in [1.54, 1.807) is 0 Å². The molecule has 0 spiro atoms. The number of H-pyrrole nitrogens is 1. The van der Waals surface area contributed by atoms with Gasteiger partial charge in [0.1, 0.15) is 5.82 Å². The molecule has 0 saturated carbocycles. The molecule has 2 heterocycles. The number of aromatic nitrogens is 3. The molecule has 1 N–H and O–H groups in total. The van der Waals surface area contributed by atoms with Gasteiger partial charge in [0.2, 0.25) is 0 Å². The Morgan fingerprint density at radius 2 is 2.06 bits per heavy atom. The van der Waals surface area contributed by atoms with E-state index in [1.807, 2.05) is 24.0 Å². The Morgan fingerprint density at radius 1 is 1.22 bits per heavy atom. The molecule has 3 rings (SSSR count). The van der Waals surface area contributed by atoms with Crippen molar-refractivity contribution in [3.8, 4) is 11.4 Å². The van der Waals surface area contributed by atoms with Crippen molar-refractivity contribution in [3.63, 3.8) is 0 Å². The number of hydrogen-bond donors (Lipinski definition) is 1. The second-order valence-corrected chi connectivity index (χ2v) is 5.04. The summed E-state index contributed by atoms with van der Waals surface area (Å²) in [5.41, 5.74) is 3.63. The van der Waals surface area contributed by atoms with Crippen molar-refractivity contribution in [1.29, 1.82) is 0 Å². The van der Waals surface area contributed by atoms with Gasteiger partial charge in [-0.15, -0.1) is 0 Å². The molecule has 18 heavy (non-hydrogen) atoms. The van der Waals surface area contributed by atoms with E-state index in [1.165, 1.54) is 16.6 Å². The number of nitrogens with one attached hydrogen (secondary N) is 1. The molecule has 92 valence electrons. The summed E-state index contributed by atoms with van der Waals surface area (Å²) in [6.45, 7) is 4.40. The van der Waals surface area contributed by atoms with Crippen molar-refractivity contribution in [1.82, 2.24) is 14.5 Å². The van der Waals surface area contributed by atoms with Gasteiger partial charge in [0.05, 0.1) is 0 Å². The molecule has 3 heteroatoms. The van der Waals surface area contributed by atoms with Crippen molar-refractivity contribution >= 4 is 10.9 Å². The lowest BCUT2D eigenvalue weighted by Gasteiger charge is -2.01. The highest BCUT2D eigenvalue weighted by molar-refractivity contribution is 5.85. The first-order chi connectivity index (χ1) is 8.65. The minimum Gasteiger partial charge on any atom is -0.358 e. The summed E-state index contributed by atoms with van der Waals surface area (Å²) in [7, 11) is 2.02. The number of imidazole rings is 1. The first kappa shape index (κ1) is 11.1. The van der Waals surface area contributed by atoms with E-state index < -0.39 is 0 Å². The molecule has 0 unspecified atom stereocenters. The van der Waals surface area contributed by atoms with Crippen molar-refractivity contribution in [3.05, 3.63) is 42.4 Å². The maximum atomic E-state index is 4.39. The summed E-state index contributed by atoms with van der Waals surface area (Å²) < 4.78 is 2.04. The normalized spacial score (nSPS) is 11.6. The summed E-state index contributed by atoms with van der Waals surface area (Å²) in [5, 5.41) is 1.25. The van der Waals surface area contributed by atoms with Gasteiger partial charge in [-0.25, -0.2) is 4.98 Å². The first-order valence-electron chi connectivity index (χ1n) is 6.25. The molecule has 0 fully saturated rings. The van der Waals surface area contributed by atoms with Crippen molar-refractivity contribution < 1.29 is 0 Å². The van der Waals surface area contributed by atoms with Gasteiger partial charge in [0.15, 0.2) is 0 Å². The topological polar surface area (TPSA) is 33.6 Å². The molecule has 2 aromatic heterocycles. The fourth-order valence-electron chi connectivity index (χ4n) is 2.25. The number of benzene rings is 1. The van der Waals surface area contributed by atoms with Gasteiger partial charge >= 0.3 is 0 Å². The lowest BCUT2D eigenvalue weighted by Crippen LogP contribution is -1.90. The van der Waals surface area contributed by atoms with Crippen LogP contribution in [0, 0.1) is 0 Å². The zero-order chi connectivity index (χ0) is 12.7. The highest BCUT2D eigenvalue weighted by Gasteiger charge is 2.07. The van der Waals surface area contributed by atoms with Gasteiger partial charge in [0.25, 0.3) is 0 Å². The molecular weight excluding hydrogens is 222 g/mol. The average molecular weight is 239 g/mol. The van der Waals surface area contributed by atoms with E-state index in [-0.39, 0.29) is 0 Å². The Morgan fingerprint density at radius 3 is 2.72 bits per heavy atom. The minimum atomic E-state index is 0.522. The van der Waals surface area contributed by atoms with Crippen LogP contribution >= 0.6 is 0 Å². The van der Waals surface area contributed by atoms with Crippen LogP contribution in [0.1, 0.15) is 25.5 Å². The highest BCUT2D eigenvalue weighted by Crippen LogP contribution is 2.25. The maximum Gasteiger partial charge on any atom is 0.139 e. The highest BCUT2D eigenvalue weighted by atomic mass is 15.0. The molecule has 3 aromatic rings. The van der Waals surface area contributed by atoms with Gasteiger partial charge in [-0.2, -0.15) is 0 Å². The minimum absolute atomic E-state index is 0.522. The second kappa shape index (κ2) is 4.02. The summed E-state index contributed by atoms with van der Waals surface area (Å²) in [6, 6.07) is 8.67. The van der Waals surface area contributed by atoms with Gasteiger partial charge in [-0.3, -0.25) is 0 Å². The van der Waals surface area contributed by atoms with Crippen molar-refractivity contribution in [2.75, 3.05) is 0 Å². The molecule has 0 atom stereocenters. The quantitative estimate of drug-likeness (QED) is 0.727. The van der Waals surface area contributed by atoms with E-state index in [2.05, 4.69) is 48.1 Å². The maximum absolute atomic E-state index is 4.39. The molecule has 0 amide bonds. The van der Waals surface area contributed by atoms with Crippen LogP contribution < -0.4 is 0 Å². The lowest BCUT2D eigenvalue weighted by atomic mass is 10.1. The smallest absolute Gasteiger partial charge is 0.139 e. The van der Waals surface area contributed by atoms with Gasteiger partial charge < -0.3 is 9.55 Å². The fourth-order valence-corrected chi connectivity index (χ4v) is 2.25. The predicted molar refractivity (Wildman–Crippen MR) is 74.6 cm³/mol. The summed E-state index contributed by atoms with van der Waals surface area (Å²) in [5.74, 6) is 1.53. The van der Waals surface area contributed by atoms with Crippen molar-refractivity contribution in [2.24, 2.45) is 7.05 Å². The Labute approximate surface area is 106 Å². The Kier molecular flexibility index (Phi) is 2.47. The van der Waals surface area contributed by atoms with E-state index in [0.29, 0.717) is 5.92 Å². The molecule has 3 nitrogen and oxygen atoms in total. The third-order valence-corrected chi connectivity index (χ3v) is 3.34. The predicted octanol–water partition coefficient (Wildman–Crippen LogP) is 3.69. The molecule has 1 aromatic carbocycles. The Balaban J connectivity index is 2.14. The SMILES string of the molecule is CC(C)c1cc2cc(-c3nccn3C)ccc2[nH]1. The Hall–Kier alpha value is -2.03. The van der Waals surface area contributed by atoms with Crippen LogP contribution in [0.25, 0.3) is 22.3 Å². The number of rotatable bonds is 2. The first-order valence-corrected chi connectivity index (χ1v) is 6.25. The van der Waals surface area contributed by atoms with E-state index in [4.69, 9.17) is 0 Å². The van der Waals surface area contributed by atoms with E-state index in [9.17, 15) is 0 Å². The van der Waals surface area contributed by atoms with Crippen LogP contribution in [0.5, 0.6) is 0 Å². The van der Waals surface area contributed by atoms with Crippen LogP contribution in [-0.2, 0) is 7.05 Å². The van der Waals surface area contributed by atoms with Crippen LogP contribution in [0.15, 0.2) is 36.7 Å². The zero-order valence-electron chi connectivity index (χ0n) is 10.9. The molecule has 0 aliphatic heterocycles. The number of fused-ring (bicyclic) bond motifs is 1. The standard InChI is InChI=1S/C15H17N3/c1-10(2)14-9-12-8-11(4-5-13(12)17-14)15-16-6-7-18(15)3/h4-10,17H,1-3H3. The van der Waals surface area contributed by atoms with Crippen LogP contribution in [0.3, 0.4) is 0 Å². The van der Waals surface area contributed by atoms with Crippen LogP contribution in [0.2, 0.25) is 0 Å². The Bertz CT molecular complexity index is 689. The third-order valence-electron chi connectivity index (χ3n) is 3.34. The number of hydrogen-bond acceptors (Lipinski definition) is 1. The lowest BCUT2D eigenvalue weighted by molar-refractivity contribution is 0.836. The van der Waals surface area contributed by atoms with Crippen LogP contribution in [-0.4, -0.2) is 14.5 Å². The monoisotopic (exact) mass is 239 g/mol. The van der Waals surface area contributed by atoms with Crippen molar-refractivity contribution in [2.45, 2.75) is 19.8 Å². The molecule has 0 bridgehead atoms. The summed E-state index contributed by atoms with van der Waals surface area (Å²) in [6.07, 6.45) is 3.80. The molecule has 0 radical (unpaired) electrons. The number of aromatic amines is 1. The third kappa shape index (κ3) is 1.72. The van der Waals surface area contributed by atoms with Gasteiger partial charge in [-0.05, 0) is 30.2 Å². The molecule has 0 aliphatic rings. The summed E-state index contributed by atoms with van der Waals surface area (Å²) >= 11 is 0. The van der Waals surface area contributed by atoms with E-state index in [0.717, 1.165) is 11.4 Å². The van der Waals surface area contributed by atoms with Crippen LogP contribution in [0.4, 0.5) is 0 Å². The molecule has 0 aliphatic carbocycles. The molecular formula is C15H17N3. The fraction of sp³-hybridized carbons (Fsp3) is 0.267. The van der Waals surface area contributed by atoms with Gasteiger partial charge in [-0.1, -0.05) is 13.8 Å². The summed E-state index contributed by atoms with van der Waals surface area (Å²) in [4.78, 5) is 7.84. The number of nitrogens with zero attached hydrogens (tertiary/aromatic N) is 2. The number of aryl methyl sites for hydroxylation is 1. The zero-order valence-corrected chi connectivity index (χ0v) is 10.9. The largest absolute Gasteiger partial charge is 0.358 e. The van der Waals surface area contributed by atoms with E-state index >= 15 is 0 Å². The second-order valence-electron chi connectivity index (χ2n) is 5.04. The molecule has 0 saturated heterocycles. The average Bonchev–Trinajstić information content (AvgIpc) is 2.93.